The van der Waals surface area contributed by atoms with Crippen molar-refractivity contribution in [2.75, 3.05) is 12.9 Å². The molecule has 8 nitrogen and oxygen atoms in total. The Morgan fingerprint density at radius 1 is 1.33 bits per heavy atom. The minimum Gasteiger partial charge on any atom is -0.497 e. The number of ether oxygens (including phenoxy) is 2. The molecule has 0 radical (unpaired) electrons. The van der Waals surface area contributed by atoms with Gasteiger partial charge < -0.3 is 14.8 Å². The predicted molar refractivity (Wildman–Crippen MR) is 117 cm³/mol. The maximum atomic E-state index is 12.5. The predicted octanol–water partition coefficient (Wildman–Crippen LogP) is 4.26. The second-order valence-corrected chi connectivity index (χ2v) is 9.17. The summed E-state index contributed by atoms with van der Waals surface area (Å²) >= 11 is 1.57. The van der Waals surface area contributed by atoms with Crippen molar-refractivity contribution < 1.29 is 14.3 Å². The number of hydrogen-bond donors (Lipinski definition) is 1. The fraction of sp³-hybridized carbons (Fsp3) is 0.524. The highest BCUT2D eigenvalue weighted by Gasteiger charge is 2.31. The molecule has 162 valence electrons. The van der Waals surface area contributed by atoms with Crippen LogP contribution in [0.2, 0.25) is 0 Å². The molecule has 3 rings (SSSR count). The first-order valence-electron chi connectivity index (χ1n) is 10.0. The molecule has 0 bridgehead atoms. The summed E-state index contributed by atoms with van der Waals surface area (Å²) in [6.45, 7) is 9.65. The van der Waals surface area contributed by atoms with E-state index in [1.807, 2.05) is 45.0 Å². The van der Waals surface area contributed by atoms with Gasteiger partial charge in [-0.15, -0.1) is 10.2 Å². The number of hydrogen-bond acceptors (Lipinski definition) is 7. The molecule has 1 aromatic carbocycles. The van der Waals surface area contributed by atoms with Crippen LogP contribution in [-0.4, -0.2) is 45.1 Å². The third-order valence-electron chi connectivity index (χ3n) is 4.76. The summed E-state index contributed by atoms with van der Waals surface area (Å²) < 4.78 is 12.5. The largest absolute Gasteiger partial charge is 0.497 e. The zero-order valence-corrected chi connectivity index (χ0v) is 19.1. The molecule has 2 atom stereocenters. The van der Waals surface area contributed by atoms with Crippen LogP contribution in [0.4, 0.5) is 4.79 Å². The first-order chi connectivity index (χ1) is 14.2. The van der Waals surface area contributed by atoms with Crippen LogP contribution in [0, 0.1) is 5.92 Å². The molecular formula is C21H29N5O3S. The van der Waals surface area contributed by atoms with Gasteiger partial charge in [-0.2, -0.15) is 9.78 Å². The summed E-state index contributed by atoms with van der Waals surface area (Å²) in [5, 5.41) is 17.1. The highest BCUT2D eigenvalue weighted by molar-refractivity contribution is 7.99. The topological polar surface area (TPSA) is 90.6 Å². The highest BCUT2D eigenvalue weighted by Crippen LogP contribution is 2.30. The number of fused-ring (bicyclic) bond motifs is 1. The van der Waals surface area contributed by atoms with Gasteiger partial charge in [0.05, 0.1) is 18.9 Å². The number of methoxy groups -OCH3 is 1. The van der Waals surface area contributed by atoms with Crippen LogP contribution in [0.15, 0.2) is 34.5 Å². The van der Waals surface area contributed by atoms with Gasteiger partial charge >= 0.3 is 6.09 Å². The lowest BCUT2D eigenvalue weighted by Crippen LogP contribution is -2.38. The molecule has 9 heteroatoms. The summed E-state index contributed by atoms with van der Waals surface area (Å²) in [6, 6.07) is 7.43. The Kier molecular flexibility index (Phi) is 6.70. The zero-order valence-electron chi connectivity index (χ0n) is 18.3. The number of amides is 1. The number of carbonyl (C=O) groups is 1. The quantitative estimate of drug-likeness (QED) is 0.735. The summed E-state index contributed by atoms with van der Waals surface area (Å²) in [6.07, 6.45) is 0.369. The van der Waals surface area contributed by atoms with E-state index < -0.39 is 11.7 Å². The lowest BCUT2D eigenvalue weighted by molar-refractivity contribution is 0.0482. The Morgan fingerprint density at radius 2 is 2.10 bits per heavy atom. The summed E-state index contributed by atoms with van der Waals surface area (Å²) in [5.74, 6) is 2.17. The first kappa shape index (κ1) is 22.1. The van der Waals surface area contributed by atoms with Crippen LogP contribution in [-0.2, 0) is 4.74 Å². The van der Waals surface area contributed by atoms with E-state index in [1.54, 1.807) is 23.5 Å². The number of nitrogens with one attached hydrogen (secondary N) is 1. The monoisotopic (exact) mass is 431 g/mol. The van der Waals surface area contributed by atoms with Crippen LogP contribution in [0.5, 0.6) is 5.75 Å². The second-order valence-electron chi connectivity index (χ2n) is 8.23. The van der Waals surface area contributed by atoms with Gasteiger partial charge in [-0.1, -0.05) is 44.2 Å². The van der Waals surface area contributed by atoms with E-state index in [0.717, 1.165) is 23.4 Å². The van der Waals surface area contributed by atoms with Gasteiger partial charge in [0.25, 0.3) is 0 Å². The van der Waals surface area contributed by atoms with Gasteiger partial charge in [0.1, 0.15) is 11.4 Å². The number of alkyl carbamates (subject to hydrolysis) is 1. The van der Waals surface area contributed by atoms with E-state index in [0.29, 0.717) is 16.7 Å². The molecule has 1 amide bonds. The van der Waals surface area contributed by atoms with Gasteiger partial charge in [0.15, 0.2) is 5.82 Å². The SMILES string of the molecule is CCC(C)C(NC(=O)OC(C)(C)C)c1nnc2n1N=C(c1cccc(OC)c1)CS2. The molecular weight excluding hydrogens is 402 g/mol. The molecule has 1 aliphatic heterocycles. The van der Waals surface area contributed by atoms with Crippen molar-refractivity contribution in [2.24, 2.45) is 11.0 Å². The van der Waals surface area contributed by atoms with Gasteiger partial charge in [-0.05, 0) is 38.8 Å². The Hall–Kier alpha value is -2.55. The summed E-state index contributed by atoms with van der Waals surface area (Å²) in [7, 11) is 1.64. The third kappa shape index (κ3) is 5.13. The molecule has 1 aliphatic rings. The number of rotatable bonds is 6. The number of thioether (sulfide) groups is 1. The second kappa shape index (κ2) is 9.07. The van der Waals surface area contributed by atoms with Crippen molar-refractivity contribution >= 4 is 23.6 Å². The lowest BCUT2D eigenvalue weighted by Gasteiger charge is -2.26. The zero-order chi connectivity index (χ0) is 21.9. The van der Waals surface area contributed by atoms with Crippen LogP contribution >= 0.6 is 11.8 Å². The van der Waals surface area contributed by atoms with Crippen LogP contribution in [0.3, 0.4) is 0 Å². The Balaban J connectivity index is 1.94. The van der Waals surface area contributed by atoms with Crippen LogP contribution in [0.25, 0.3) is 0 Å². The summed E-state index contributed by atoms with van der Waals surface area (Å²) in [4.78, 5) is 12.5. The van der Waals surface area contributed by atoms with E-state index in [1.165, 1.54) is 0 Å². The van der Waals surface area contributed by atoms with Crippen molar-refractivity contribution in [1.29, 1.82) is 0 Å². The van der Waals surface area contributed by atoms with Crippen molar-refractivity contribution in [1.82, 2.24) is 20.2 Å². The Morgan fingerprint density at radius 3 is 2.77 bits per heavy atom. The number of aromatic nitrogens is 3. The van der Waals surface area contributed by atoms with Crippen molar-refractivity contribution in [2.45, 2.75) is 57.8 Å². The lowest BCUT2D eigenvalue weighted by atomic mass is 9.99. The van der Waals surface area contributed by atoms with Crippen molar-refractivity contribution in [3.05, 3.63) is 35.7 Å². The molecule has 1 aromatic heterocycles. The van der Waals surface area contributed by atoms with Gasteiger partial charge in [0, 0.05) is 11.3 Å². The van der Waals surface area contributed by atoms with Gasteiger partial charge in [0.2, 0.25) is 5.16 Å². The van der Waals surface area contributed by atoms with E-state index in [9.17, 15) is 4.79 Å². The standard InChI is InChI=1S/C21H29N5O3S/c1-7-13(2)17(22-20(27)29-21(3,4)5)18-23-24-19-26(18)25-16(12-30-19)14-9-8-10-15(11-14)28-6/h8-11,13,17H,7,12H2,1-6H3,(H,22,27). The fourth-order valence-corrected chi connectivity index (χ4v) is 3.86. The molecule has 2 heterocycles. The average molecular weight is 432 g/mol. The molecule has 1 N–H and O–H groups in total. The molecule has 2 unspecified atom stereocenters. The molecule has 0 spiro atoms. The normalized spacial score (nSPS) is 15.6. The molecule has 0 saturated heterocycles. The smallest absolute Gasteiger partial charge is 0.408 e. The maximum absolute atomic E-state index is 12.5. The first-order valence-corrected chi connectivity index (χ1v) is 11.0. The minimum absolute atomic E-state index is 0.119. The van der Waals surface area contributed by atoms with Crippen LogP contribution in [0.1, 0.15) is 58.5 Å². The number of carbonyl (C=O) groups excluding carboxylic acids is 1. The van der Waals surface area contributed by atoms with Gasteiger partial charge in [-0.3, -0.25) is 0 Å². The average Bonchev–Trinajstić information content (AvgIpc) is 3.13. The highest BCUT2D eigenvalue weighted by atomic mass is 32.2. The van der Waals surface area contributed by atoms with Crippen molar-refractivity contribution in [3.63, 3.8) is 0 Å². The minimum atomic E-state index is -0.581. The maximum Gasteiger partial charge on any atom is 0.408 e. The fourth-order valence-electron chi connectivity index (χ4n) is 3.01. The van der Waals surface area contributed by atoms with E-state index in [-0.39, 0.29) is 12.0 Å². The Bertz CT molecular complexity index is 935. The molecule has 0 saturated carbocycles. The molecule has 30 heavy (non-hydrogen) atoms. The molecule has 2 aromatic rings. The summed E-state index contributed by atoms with van der Waals surface area (Å²) in [5.41, 5.74) is 1.29. The number of benzene rings is 1. The van der Waals surface area contributed by atoms with Crippen LogP contribution < -0.4 is 10.1 Å². The van der Waals surface area contributed by atoms with Gasteiger partial charge in [-0.25, -0.2) is 4.79 Å². The molecule has 0 aliphatic carbocycles. The van der Waals surface area contributed by atoms with E-state index >= 15 is 0 Å². The Labute approximate surface area is 181 Å². The number of nitrogens with zero attached hydrogens (tertiary/aromatic N) is 4. The third-order valence-corrected chi connectivity index (χ3v) is 5.69. The molecule has 0 fully saturated rings. The van der Waals surface area contributed by atoms with E-state index in [4.69, 9.17) is 14.6 Å². The van der Waals surface area contributed by atoms with E-state index in [2.05, 4.69) is 29.4 Å². The van der Waals surface area contributed by atoms with Crippen molar-refractivity contribution in [3.8, 4) is 5.75 Å².